The first-order valence-corrected chi connectivity index (χ1v) is 10.6. The molecule has 9 nitrogen and oxygen atoms in total. The number of amides is 3. The van der Waals surface area contributed by atoms with Gasteiger partial charge in [-0.25, -0.2) is 4.98 Å². The number of imidazole rings is 1. The number of hydrogen-bond donors (Lipinski definition) is 3. The average Bonchev–Trinajstić information content (AvgIpc) is 3.38. The highest BCUT2D eigenvalue weighted by Gasteiger charge is 2.38. The maximum Gasteiger partial charge on any atom is 0.246 e. The molecular weight excluding hydrogens is 384 g/mol. The van der Waals surface area contributed by atoms with Gasteiger partial charge in [-0.3, -0.25) is 19.3 Å². The summed E-state index contributed by atoms with van der Waals surface area (Å²) in [5.41, 5.74) is 7.30. The SMILES string of the molecule is C=C(C)CN1CCCC(C(=O)NC(Cc2cnc[nH]2)C(=O)N2CCCC2C(N)=O)C1. The van der Waals surface area contributed by atoms with Crippen molar-refractivity contribution < 1.29 is 14.4 Å². The van der Waals surface area contributed by atoms with Gasteiger partial charge in [0.15, 0.2) is 0 Å². The minimum atomic E-state index is -0.769. The lowest BCUT2D eigenvalue weighted by molar-refractivity contribution is -0.141. The number of carbonyl (C=O) groups excluding carboxylic acids is 3. The zero-order valence-electron chi connectivity index (χ0n) is 17.6. The van der Waals surface area contributed by atoms with Crippen molar-refractivity contribution in [2.75, 3.05) is 26.2 Å². The third-order valence-corrected chi connectivity index (χ3v) is 5.83. The Kier molecular flexibility index (Phi) is 7.25. The fourth-order valence-corrected chi connectivity index (χ4v) is 4.43. The number of likely N-dealkylation sites (tertiary alicyclic amines) is 2. The van der Waals surface area contributed by atoms with Crippen molar-refractivity contribution >= 4 is 17.7 Å². The largest absolute Gasteiger partial charge is 0.368 e. The molecule has 4 N–H and O–H groups in total. The number of nitrogens with two attached hydrogens (primary N) is 1. The molecule has 2 aliphatic rings. The summed E-state index contributed by atoms with van der Waals surface area (Å²) in [5.74, 6) is -1.08. The van der Waals surface area contributed by atoms with E-state index >= 15 is 0 Å². The van der Waals surface area contributed by atoms with Crippen molar-refractivity contribution in [3.8, 4) is 0 Å². The van der Waals surface area contributed by atoms with Crippen LogP contribution in [0.4, 0.5) is 0 Å². The Morgan fingerprint density at radius 2 is 2.10 bits per heavy atom. The van der Waals surface area contributed by atoms with Gasteiger partial charge in [-0.2, -0.15) is 0 Å². The van der Waals surface area contributed by atoms with Gasteiger partial charge in [-0.05, 0) is 39.2 Å². The van der Waals surface area contributed by atoms with Crippen LogP contribution in [-0.4, -0.2) is 75.8 Å². The van der Waals surface area contributed by atoms with E-state index in [2.05, 4.69) is 26.8 Å². The van der Waals surface area contributed by atoms with Gasteiger partial charge in [0.2, 0.25) is 17.7 Å². The van der Waals surface area contributed by atoms with Crippen LogP contribution < -0.4 is 11.1 Å². The first kappa shape index (κ1) is 22.0. The van der Waals surface area contributed by atoms with E-state index in [0.717, 1.165) is 43.6 Å². The lowest BCUT2D eigenvalue weighted by atomic mass is 9.96. The molecule has 30 heavy (non-hydrogen) atoms. The number of nitrogens with one attached hydrogen (secondary N) is 2. The van der Waals surface area contributed by atoms with Crippen LogP contribution in [-0.2, 0) is 20.8 Å². The van der Waals surface area contributed by atoms with Crippen molar-refractivity contribution in [3.63, 3.8) is 0 Å². The van der Waals surface area contributed by atoms with Gasteiger partial charge in [0.1, 0.15) is 12.1 Å². The number of H-pyrrole nitrogens is 1. The first-order valence-electron chi connectivity index (χ1n) is 10.6. The molecule has 1 aromatic heterocycles. The van der Waals surface area contributed by atoms with Gasteiger partial charge in [-0.15, -0.1) is 0 Å². The fourth-order valence-electron chi connectivity index (χ4n) is 4.43. The highest BCUT2D eigenvalue weighted by atomic mass is 16.2. The third-order valence-electron chi connectivity index (χ3n) is 5.83. The van der Waals surface area contributed by atoms with E-state index in [9.17, 15) is 14.4 Å². The Morgan fingerprint density at radius 3 is 2.77 bits per heavy atom. The second-order valence-electron chi connectivity index (χ2n) is 8.47. The van der Waals surface area contributed by atoms with Gasteiger partial charge >= 0.3 is 0 Å². The standard InChI is InChI=1S/C21H32N6O3/c1-14(2)11-26-7-3-5-15(12-26)20(29)25-17(9-16-10-23-13-24-16)21(30)27-8-4-6-18(27)19(22)28/h10,13,15,17-18H,1,3-9,11-12H2,2H3,(H2,22,28)(H,23,24)(H,25,29). The molecule has 3 amide bonds. The number of nitrogens with zero attached hydrogens (tertiary/aromatic N) is 3. The summed E-state index contributed by atoms with van der Waals surface area (Å²) < 4.78 is 0. The minimum Gasteiger partial charge on any atom is -0.368 e. The van der Waals surface area contributed by atoms with Crippen molar-refractivity contribution in [1.29, 1.82) is 0 Å². The van der Waals surface area contributed by atoms with E-state index in [1.807, 2.05) is 6.92 Å². The Labute approximate surface area is 177 Å². The van der Waals surface area contributed by atoms with Crippen LogP contribution in [0.1, 0.15) is 38.3 Å². The predicted molar refractivity (Wildman–Crippen MR) is 112 cm³/mol. The Bertz CT molecular complexity index is 778. The van der Waals surface area contributed by atoms with Gasteiger partial charge in [0.25, 0.3) is 0 Å². The molecule has 2 aliphatic heterocycles. The normalized spacial score (nSPS) is 23.2. The summed E-state index contributed by atoms with van der Waals surface area (Å²) in [5, 5.41) is 2.96. The fraction of sp³-hybridized carbons (Fsp3) is 0.619. The lowest BCUT2D eigenvalue weighted by Gasteiger charge is -2.33. The third kappa shape index (κ3) is 5.47. The Hall–Kier alpha value is -2.68. The van der Waals surface area contributed by atoms with Crippen LogP contribution in [0.2, 0.25) is 0 Å². The molecule has 0 aliphatic carbocycles. The lowest BCUT2D eigenvalue weighted by Crippen LogP contribution is -2.55. The number of rotatable bonds is 8. The molecule has 3 unspecified atom stereocenters. The highest BCUT2D eigenvalue weighted by molar-refractivity contribution is 5.92. The highest BCUT2D eigenvalue weighted by Crippen LogP contribution is 2.21. The summed E-state index contributed by atoms with van der Waals surface area (Å²) in [6.07, 6.45) is 6.47. The number of primary amides is 1. The molecular formula is C21H32N6O3. The van der Waals surface area contributed by atoms with Crippen LogP contribution in [0.25, 0.3) is 0 Å². The minimum absolute atomic E-state index is 0.130. The topological polar surface area (TPSA) is 124 Å². The smallest absolute Gasteiger partial charge is 0.246 e. The molecule has 0 bridgehead atoms. The summed E-state index contributed by atoms with van der Waals surface area (Å²) in [6, 6.07) is -1.38. The molecule has 0 radical (unpaired) electrons. The van der Waals surface area contributed by atoms with Gasteiger partial charge in [0.05, 0.1) is 12.2 Å². The van der Waals surface area contributed by atoms with E-state index < -0.39 is 18.0 Å². The maximum atomic E-state index is 13.3. The van der Waals surface area contributed by atoms with E-state index in [1.54, 1.807) is 6.20 Å². The molecule has 2 saturated heterocycles. The summed E-state index contributed by atoms with van der Waals surface area (Å²) in [6.45, 7) is 8.78. The zero-order valence-corrected chi connectivity index (χ0v) is 17.6. The van der Waals surface area contributed by atoms with Crippen molar-refractivity contribution in [1.82, 2.24) is 25.1 Å². The van der Waals surface area contributed by atoms with E-state index in [-0.39, 0.29) is 24.2 Å². The number of piperidine rings is 1. The van der Waals surface area contributed by atoms with Crippen LogP contribution in [0.5, 0.6) is 0 Å². The summed E-state index contributed by atoms with van der Waals surface area (Å²) >= 11 is 0. The monoisotopic (exact) mass is 416 g/mol. The zero-order chi connectivity index (χ0) is 21.7. The van der Waals surface area contributed by atoms with Crippen molar-refractivity contribution in [3.05, 3.63) is 30.4 Å². The maximum absolute atomic E-state index is 13.3. The van der Waals surface area contributed by atoms with E-state index in [1.165, 1.54) is 11.2 Å². The Balaban J connectivity index is 1.70. The van der Waals surface area contributed by atoms with Crippen LogP contribution in [0.3, 0.4) is 0 Å². The van der Waals surface area contributed by atoms with Crippen LogP contribution in [0, 0.1) is 5.92 Å². The quantitative estimate of drug-likeness (QED) is 0.522. The molecule has 9 heteroatoms. The molecule has 0 saturated carbocycles. The van der Waals surface area contributed by atoms with Crippen LogP contribution in [0.15, 0.2) is 24.7 Å². The molecule has 3 heterocycles. The number of aromatic amines is 1. The second-order valence-corrected chi connectivity index (χ2v) is 8.47. The summed E-state index contributed by atoms with van der Waals surface area (Å²) in [4.78, 5) is 48.8. The van der Waals surface area contributed by atoms with Gasteiger partial charge in [0, 0.05) is 37.9 Å². The van der Waals surface area contributed by atoms with Crippen molar-refractivity contribution in [2.45, 2.75) is 51.1 Å². The molecule has 3 atom stereocenters. The van der Waals surface area contributed by atoms with Crippen molar-refractivity contribution in [2.24, 2.45) is 11.7 Å². The summed E-state index contributed by atoms with van der Waals surface area (Å²) in [7, 11) is 0. The van der Waals surface area contributed by atoms with Gasteiger partial charge < -0.3 is 20.9 Å². The number of hydrogen-bond acceptors (Lipinski definition) is 5. The van der Waals surface area contributed by atoms with E-state index in [4.69, 9.17) is 5.73 Å². The molecule has 1 aromatic rings. The molecule has 0 spiro atoms. The Morgan fingerprint density at radius 1 is 1.33 bits per heavy atom. The molecule has 164 valence electrons. The predicted octanol–water partition coefficient (Wildman–Crippen LogP) is 0.201. The average molecular weight is 417 g/mol. The first-order chi connectivity index (χ1) is 14.3. The molecule has 2 fully saturated rings. The molecule has 3 rings (SSSR count). The second kappa shape index (κ2) is 9.88. The number of carbonyl (C=O) groups is 3. The molecule has 0 aromatic carbocycles. The van der Waals surface area contributed by atoms with E-state index in [0.29, 0.717) is 19.5 Å². The number of aromatic nitrogens is 2. The van der Waals surface area contributed by atoms with Crippen LogP contribution >= 0.6 is 0 Å². The van der Waals surface area contributed by atoms with Gasteiger partial charge in [-0.1, -0.05) is 12.2 Å².